The van der Waals surface area contributed by atoms with Gasteiger partial charge in [-0.3, -0.25) is 14.6 Å². The molecule has 12 heteroatoms. The highest BCUT2D eigenvalue weighted by atomic mass is 32.2. The van der Waals surface area contributed by atoms with Crippen LogP contribution in [-0.2, 0) is 19.6 Å². The lowest BCUT2D eigenvalue weighted by molar-refractivity contribution is -0.138. The second-order valence-electron chi connectivity index (χ2n) is 8.71. The van der Waals surface area contributed by atoms with Gasteiger partial charge in [0.15, 0.2) is 11.5 Å². The predicted molar refractivity (Wildman–Crippen MR) is 118 cm³/mol. The van der Waals surface area contributed by atoms with Gasteiger partial charge in [0.05, 0.1) is 18.8 Å². The smallest absolute Gasteiger partial charge is 0.413 e. The first-order valence-corrected chi connectivity index (χ1v) is 12.4. The van der Waals surface area contributed by atoms with Crippen LogP contribution in [0.1, 0.15) is 26.7 Å². The molecule has 0 aromatic carbocycles. The number of Topliss-reactive ketones (excluding diaryl/α,β-unsaturated/α-hetero) is 1. The minimum absolute atomic E-state index is 0.00503. The highest BCUT2D eigenvalue weighted by molar-refractivity contribution is 7.89. The number of furan rings is 1. The number of carbonyl (C=O) groups excluding carboxylic acids is 3. The molecule has 11 nitrogen and oxygen atoms in total. The van der Waals surface area contributed by atoms with Gasteiger partial charge in [0, 0.05) is 25.0 Å². The normalized spacial score (nSPS) is 21.5. The fourth-order valence-corrected chi connectivity index (χ4v) is 6.05. The van der Waals surface area contributed by atoms with Crippen LogP contribution < -0.4 is 10.1 Å². The number of likely N-dealkylation sites (tertiary alicyclic amines) is 1. The second kappa shape index (κ2) is 9.55. The number of hydrogen-bond acceptors (Lipinski definition) is 8. The Morgan fingerprint density at radius 2 is 2.12 bits per heavy atom. The van der Waals surface area contributed by atoms with Gasteiger partial charge in [0.2, 0.25) is 15.9 Å². The Morgan fingerprint density at radius 3 is 2.76 bits per heavy atom. The summed E-state index contributed by atoms with van der Waals surface area (Å²) in [6.07, 6.45) is 5.11. The summed E-state index contributed by atoms with van der Waals surface area (Å²) < 4.78 is 37.4. The van der Waals surface area contributed by atoms with Crippen LogP contribution in [0.3, 0.4) is 0 Å². The van der Waals surface area contributed by atoms with E-state index < -0.39 is 40.1 Å². The van der Waals surface area contributed by atoms with Gasteiger partial charge in [0.1, 0.15) is 23.2 Å². The highest BCUT2D eigenvalue weighted by Gasteiger charge is 2.54. The molecule has 2 fully saturated rings. The van der Waals surface area contributed by atoms with Crippen LogP contribution in [0.2, 0.25) is 0 Å². The molecule has 4 heterocycles. The van der Waals surface area contributed by atoms with E-state index in [4.69, 9.17) is 9.15 Å². The molecule has 0 bridgehead atoms. The molecular formula is C22H26N4O7S. The van der Waals surface area contributed by atoms with E-state index in [2.05, 4.69) is 10.3 Å². The molecule has 0 saturated carbocycles. The third-order valence-electron chi connectivity index (χ3n) is 5.90. The van der Waals surface area contributed by atoms with Gasteiger partial charge in [-0.2, -0.15) is 4.31 Å². The Hall–Kier alpha value is -3.25. The monoisotopic (exact) mass is 490 g/mol. The summed E-state index contributed by atoms with van der Waals surface area (Å²) in [4.78, 5) is 43.9. The predicted octanol–water partition coefficient (Wildman–Crippen LogP) is 1.42. The standard InChI is InChI=1S/C22H26N4O7S/c1-14(2)10-17(24-22(29)33-15-6-9-32-13-15)21(28)25-8-5-18-20(25)19(27)12-26(18)34(30,31)16-4-3-7-23-11-16/h3-4,6-7,9,11,13-14,17-18,20H,5,8,10,12H2,1-2H3,(H,24,29). The number of ketones is 1. The Kier molecular flexibility index (Phi) is 6.71. The van der Waals surface area contributed by atoms with E-state index in [0.29, 0.717) is 12.8 Å². The number of carbonyl (C=O) groups is 3. The van der Waals surface area contributed by atoms with Crippen molar-refractivity contribution in [3.8, 4) is 5.75 Å². The summed E-state index contributed by atoms with van der Waals surface area (Å²) in [5.74, 6) is -0.549. The lowest BCUT2D eigenvalue weighted by atomic mass is 10.0. The SMILES string of the molecule is CC(C)CC(NC(=O)Oc1ccoc1)C(=O)N1CCC2C1C(=O)CN2S(=O)(=O)c1cccnc1. The van der Waals surface area contributed by atoms with Crippen molar-refractivity contribution in [3.05, 3.63) is 43.1 Å². The summed E-state index contributed by atoms with van der Waals surface area (Å²) in [6, 6.07) is 1.89. The zero-order chi connectivity index (χ0) is 24.5. The van der Waals surface area contributed by atoms with Gasteiger partial charge >= 0.3 is 6.09 Å². The third-order valence-corrected chi connectivity index (χ3v) is 7.76. The summed E-state index contributed by atoms with van der Waals surface area (Å²) in [7, 11) is -3.95. The van der Waals surface area contributed by atoms with Gasteiger partial charge in [-0.15, -0.1) is 0 Å². The van der Waals surface area contributed by atoms with Gasteiger partial charge in [-0.05, 0) is 30.9 Å². The number of rotatable bonds is 7. The van der Waals surface area contributed by atoms with Crippen LogP contribution in [-0.4, -0.2) is 71.6 Å². The van der Waals surface area contributed by atoms with Gasteiger partial charge in [-0.1, -0.05) is 13.8 Å². The Labute approximate surface area is 197 Å². The van der Waals surface area contributed by atoms with Crippen molar-refractivity contribution in [1.29, 1.82) is 0 Å². The van der Waals surface area contributed by atoms with Crippen LogP contribution in [0, 0.1) is 5.92 Å². The Morgan fingerprint density at radius 1 is 1.32 bits per heavy atom. The number of pyridine rings is 1. The molecule has 0 spiro atoms. The molecule has 2 amide bonds. The van der Waals surface area contributed by atoms with Crippen molar-refractivity contribution < 1.29 is 32.0 Å². The van der Waals surface area contributed by atoms with Gasteiger partial charge in [0.25, 0.3) is 0 Å². The number of ether oxygens (including phenoxy) is 1. The maximum absolute atomic E-state index is 13.4. The number of nitrogens with one attached hydrogen (secondary N) is 1. The van der Waals surface area contributed by atoms with Crippen LogP contribution in [0.5, 0.6) is 5.75 Å². The number of hydrogen-bond donors (Lipinski definition) is 1. The number of aromatic nitrogens is 1. The van der Waals surface area contributed by atoms with E-state index in [-0.39, 0.29) is 35.4 Å². The topological polar surface area (TPSA) is 139 Å². The summed E-state index contributed by atoms with van der Waals surface area (Å²) in [5.41, 5.74) is 0. The number of amides is 2. The van der Waals surface area contributed by atoms with Crippen molar-refractivity contribution in [2.45, 2.75) is 49.7 Å². The van der Waals surface area contributed by atoms with Crippen LogP contribution >= 0.6 is 0 Å². The molecule has 3 unspecified atom stereocenters. The molecule has 2 aromatic heterocycles. The molecule has 2 aromatic rings. The fraction of sp³-hybridized carbons (Fsp3) is 0.455. The van der Waals surface area contributed by atoms with E-state index in [1.165, 1.54) is 48.0 Å². The van der Waals surface area contributed by atoms with E-state index in [1.54, 1.807) is 0 Å². The number of nitrogens with zero attached hydrogens (tertiary/aromatic N) is 3. The van der Waals surface area contributed by atoms with E-state index >= 15 is 0 Å². The van der Waals surface area contributed by atoms with Crippen molar-refractivity contribution in [1.82, 2.24) is 19.5 Å². The fourth-order valence-electron chi connectivity index (χ4n) is 4.46. The Bertz CT molecular complexity index is 1150. The third kappa shape index (κ3) is 4.68. The summed E-state index contributed by atoms with van der Waals surface area (Å²) in [5, 5.41) is 2.58. The average molecular weight is 491 g/mol. The Balaban J connectivity index is 1.51. The van der Waals surface area contributed by atoms with E-state index in [1.807, 2.05) is 13.8 Å². The molecule has 2 saturated heterocycles. The molecule has 1 N–H and O–H groups in total. The molecule has 0 radical (unpaired) electrons. The van der Waals surface area contributed by atoms with Crippen LogP contribution in [0.4, 0.5) is 4.79 Å². The minimum atomic E-state index is -3.95. The number of fused-ring (bicyclic) bond motifs is 1. The quantitative estimate of drug-likeness (QED) is 0.615. The minimum Gasteiger partial charge on any atom is -0.469 e. The molecule has 0 aliphatic carbocycles. The maximum Gasteiger partial charge on any atom is 0.413 e. The molecule has 2 aliphatic rings. The first-order valence-electron chi connectivity index (χ1n) is 10.9. The molecule has 4 rings (SSSR count). The zero-order valence-corrected chi connectivity index (χ0v) is 19.6. The average Bonchev–Trinajstić information content (AvgIpc) is 3.52. The molecular weight excluding hydrogens is 464 g/mol. The largest absolute Gasteiger partial charge is 0.469 e. The first kappa shape index (κ1) is 23.9. The van der Waals surface area contributed by atoms with Gasteiger partial charge in [-0.25, -0.2) is 13.2 Å². The first-order chi connectivity index (χ1) is 16.2. The lowest BCUT2D eigenvalue weighted by Crippen LogP contribution is -2.53. The maximum atomic E-state index is 13.4. The van der Waals surface area contributed by atoms with Crippen molar-refractivity contribution in [2.24, 2.45) is 5.92 Å². The highest BCUT2D eigenvalue weighted by Crippen LogP contribution is 2.34. The zero-order valence-electron chi connectivity index (χ0n) is 18.8. The van der Waals surface area contributed by atoms with Crippen LogP contribution in [0.25, 0.3) is 0 Å². The van der Waals surface area contributed by atoms with Crippen molar-refractivity contribution in [3.63, 3.8) is 0 Å². The van der Waals surface area contributed by atoms with Crippen molar-refractivity contribution in [2.75, 3.05) is 13.1 Å². The van der Waals surface area contributed by atoms with E-state index in [0.717, 1.165) is 4.31 Å². The van der Waals surface area contributed by atoms with Gasteiger partial charge < -0.3 is 19.4 Å². The summed E-state index contributed by atoms with van der Waals surface area (Å²) >= 11 is 0. The summed E-state index contributed by atoms with van der Waals surface area (Å²) in [6.45, 7) is 3.69. The van der Waals surface area contributed by atoms with E-state index in [9.17, 15) is 22.8 Å². The van der Waals surface area contributed by atoms with Crippen LogP contribution in [0.15, 0.2) is 52.4 Å². The second-order valence-corrected chi connectivity index (χ2v) is 10.6. The van der Waals surface area contributed by atoms with Crippen molar-refractivity contribution >= 4 is 27.8 Å². The molecule has 3 atom stereocenters. The molecule has 182 valence electrons. The lowest BCUT2D eigenvalue weighted by Gasteiger charge is -2.28. The number of sulfonamides is 1. The molecule has 2 aliphatic heterocycles. The molecule has 34 heavy (non-hydrogen) atoms.